The molecule has 4 rings (SSSR count). The smallest absolute Gasteiger partial charge is 0.238 e. The molecule has 0 radical (unpaired) electrons. The minimum Gasteiger partial charge on any atom is -0.507 e. The Hall–Kier alpha value is -3.55. The minimum atomic E-state index is -1.86. The highest BCUT2D eigenvalue weighted by atomic mass is 16.5. The number of hydrogen-bond acceptors (Lipinski definition) is 12. The van der Waals surface area contributed by atoms with E-state index in [1.807, 2.05) is 0 Å². The number of phenols is 4. The topological polar surface area (TPSA) is 222 Å². The van der Waals surface area contributed by atoms with Crippen LogP contribution in [0.4, 0.5) is 0 Å². The van der Waals surface area contributed by atoms with Crippen LogP contribution in [0.25, 0.3) is 22.3 Å². The van der Waals surface area contributed by atoms with Crippen molar-refractivity contribution in [2.75, 3.05) is 6.61 Å². The van der Waals surface area contributed by atoms with E-state index in [1.54, 1.807) is 0 Å². The van der Waals surface area contributed by atoms with Crippen LogP contribution in [0, 0.1) is 0 Å². The highest BCUT2D eigenvalue weighted by molar-refractivity contribution is 5.91. The van der Waals surface area contributed by atoms with Crippen LogP contribution in [-0.4, -0.2) is 77.0 Å². The van der Waals surface area contributed by atoms with Crippen LogP contribution in [0.15, 0.2) is 33.5 Å². The van der Waals surface area contributed by atoms with E-state index in [2.05, 4.69) is 0 Å². The molecule has 0 unspecified atom stereocenters. The first kappa shape index (κ1) is 22.6. The summed E-state index contributed by atoms with van der Waals surface area (Å²) in [5.74, 6) is -4.06. The standard InChI is InChI=1S/C21H20O12/c22-5-11-14(27)16(29)18(31)21(32-11)13-10(26)4-9(25)12-15(28)17(30)19(33-20(12)13)6-1-2-7(23)8(24)3-6/h1-4,11,14,16,18,21-27,29-31H,5H2/t11-,14-,16+,18-,21+/m1/s1. The van der Waals surface area contributed by atoms with Crippen LogP contribution in [-0.2, 0) is 4.74 Å². The number of hydrogen-bond donors (Lipinski definition) is 9. The zero-order valence-electron chi connectivity index (χ0n) is 16.7. The zero-order valence-corrected chi connectivity index (χ0v) is 16.7. The highest BCUT2D eigenvalue weighted by Crippen LogP contribution is 2.45. The molecular formula is C21H20O12. The molecule has 9 N–H and O–H groups in total. The van der Waals surface area contributed by atoms with Crippen LogP contribution >= 0.6 is 0 Å². The summed E-state index contributed by atoms with van der Waals surface area (Å²) < 4.78 is 11.1. The van der Waals surface area contributed by atoms with Gasteiger partial charge in [0.1, 0.15) is 47.4 Å². The lowest BCUT2D eigenvalue weighted by molar-refractivity contribution is -0.231. The monoisotopic (exact) mass is 464 g/mol. The molecule has 2 aromatic carbocycles. The number of benzene rings is 2. The summed E-state index contributed by atoms with van der Waals surface area (Å²) in [7, 11) is 0. The Morgan fingerprint density at radius 2 is 1.52 bits per heavy atom. The summed E-state index contributed by atoms with van der Waals surface area (Å²) in [4.78, 5) is 12.9. The summed E-state index contributed by atoms with van der Waals surface area (Å²) in [5, 5.41) is 89.9. The fourth-order valence-corrected chi connectivity index (χ4v) is 3.82. The molecule has 0 amide bonds. The van der Waals surface area contributed by atoms with Gasteiger partial charge in [-0.15, -0.1) is 0 Å². The molecule has 0 bridgehead atoms. The number of phenolic OH excluding ortho intramolecular Hbond substituents is 4. The van der Waals surface area contributed by atoms with Crippen LogP contribution in [0.2, 0.25) is 0 Å². The summed E-state index contributed by atoms with van der Waals surface area (Å²) in [6.07, 6.45) is -8.37. The van der Waals surface area contributed by atoms with Crippen LogP contribution in [0.3, 0.4) is 0 Å². The highest BCUT2D eigenvalue weighted by Gasteiger charge is 2.46. The molecule has 1 aromatic heterocycles. The van der Waals surface area contributed by atoms with E-state index in [-0.39, 0.29) is 5.56 Å². The maximum Gasteiger partial charge on any atom is 0.238 e. The van der Waals surface area contributed by atoms with E-state index >= 15 is 0 Å². The first-order chi connectivity index (χ1) is 15.6. The van der Waals surface area contributed by atoms with Crippen molar-refractivity contribution in [2.24, 2.45) is 0 Å². The zero-order chi connectivity index (χ0) is 24.2. The fourth-order valence-electron chi connectivity index (χ4n) is 3.82. The lowest BCUT2D eigenvalue weighted by Crippen LogP contribution is -2.55. The molecule has 33 heavy (non-hydrogen) atoms. The molecule has 0 spiro atoms. The van der Waals surface area contributed by atoms with E-state index in [9.17, 15) is 50.8 Å². The average Bonchev–Trinajstić information content (AvgIpc) is 2.77. The van der Waals surface area contributed by atoms with Gasteiger partial charge in [0, 0.05) is 11.6 Å². The number of aliphatic hydroxyl groups is 4. The van der Waals surface area contributed by atoms with E-state index in [1.165, 1.54) is 6.07 Å². The number of ether oxygens (including phenoxy) is 1. The molecule has 3 aromatic rings. The maximum atomic E-state index is 12.9. The van der Waals surface area contributed by atoms with Crippen molar-refractivity contribution >= 4 is 11.0 Å². The molecule has 12 heteroatoms. The third kappa shape index (κ3) is 3.50. The molecule has 1 aliphatic rings. The first-order valence-corrected chi connectivity index (χ1v) is 9.64. The summed E-state index contributed by atoms with van der Waals surface area (Å²) in [5.41, 5.74) is -2.16. The largest absolute Gasteiger partial charge is 0.507 e. The second-order valence-corrected chi connectivity index (χ2v) is 7.59. The van der Waals surface area contributed by atoms with Crippen molar-refractivity contribution in [3.8, 4) is 40.1 Å². The van der Waals surface area contributed by atoms with Crippen molar-refractivity contribution in [1.29, 1.82) is 0 Å². The van der Waals surface area contributed by atoms with Crippen LogP contribution in [0.1, 0.15) is 11.7 Å². The summed E-state index contributed by atoms with van der Waals surface area (Å²) in [6, 6.07) is 3.98. The van der Waals surface area contributed by atoms with Gasteiger partial charge < -0.3 is 55.1 Å². The Morgan fingerprint density at radius 3 is 2.15 bits per heavy atom. The molecule has 2 heterocycles. The SMILES string of the molecule is O=c1c(O)c(-c2ccc(O)c(O)c2)oc2c([C@@H]3O[C@H](CO)[C@@H](O)[C@H](O)[C@H]3O)c(O)cc(O)c12. The van der Waals surface area contributed by atoms with Gasteiger partial charge >= 0.3 is 0 Å². The molecule has 1 fully saturated rings. The van der Waals surface area contributed by atoms with Crippen molar-refractivity contribution in [3.63, 3.8) is 0 Å². The van der Waals surface area contributed by atoms with E-state index in [4.69, 9.17) is 9.15 Å². The quantitative estimate of drug-likeness (QED) is 0.224. The summed E-state index contributed by atoms with van der Waals surface area (Å²) >= 11 is 0. The average molecular weight is 464 g/mol. The van der Waals surface area contributed by atoms with Crippen molar-refractivity contribution in [2.45, 2.75) is 30.5 Å². The number of aliphatic hydroxyl groups excluding tert-OH is 4. The normalized spacial score (nSPS) is 25.4. The maximum absolute atomic E-state index is 12.9. The van der Waals surface area contributed by atoms with Gasteiger partial charge in [-0.2, -0.15) is 0 Å². The minimum absolute atomic E-state index is 0.0654. The Kier molecular flexibility index (Phi) is 5.56. The van der Waals surface area contributed by atoms with Gasteiger partial charge in [-0.1, -0.05) is 0 Å². The molecule has 0 saturated carbocycles. The number of fused-ring (bicyclic) bond motifs is 1. The first-order valence-electron chi connectivity index (χ1n) is 9.64. The van der Waals surface area contributed by atoms with E-state index in [0.29, 0.717) is 0 Å². The number of rotatable bonds is 3. The van der Waals surface area contributed by atoms with Gasteiger partial charge in [0.2, 0.25) is 11.2 Å². The lowest BCUT2D eigenvalue weighted by Gasteiger charge is -2.40. The predicted octanol–water partition coefficient (Wildman–Crippen LogP) is -0.497. The third-order valence-corrected chi connectivity index (χ3v) is 5.55. The van der Waals surface area contributed by atoms with Gasteiger partial charge in [0.25, 0.3) is 0 Å². The Bertz CT molecular complexity index is 1280. The Morgan fingerprint density at radius 1 is 0.818 bits per heavy atom. The van der Waals surface area contributed by atoms with Crippen LogP contribution < -0.4 is 5.43 Å². The second-order valence-electron chi connectivity index (χ2n) is 7.59. The van der Waals surface area contributed by atoms with Crippen LogP contribution in [0.5, 0.6) is 28.7 Å². The molecular weight excluding hydrogens is 444 g/mol. The van der Waals surface area contributed by atoms with E-state index in [0.717, 1.165) is 18.2 Å². The van der Waals surface area contributed by atoms with Gasteiger partial charge in [0.15, 0.2) is 22.8 Å². The molecule has 12 nitrogen and oxygen atoms in total. The lowest BCUT2D eigenvalue weighted by atomic mass is 9.89. The van der Waals surface area contributed by atoms with Gasteiger partial charge in [-0.25, -0.2) is 0 Å². The molecule has 176 valence electrons. The fraction of sp³-hybridized carbons (Fsp3) is 0.286. The third-order valence-electron chi connectivity index (χ3n) is 5.55. The molecule has 5 atom stereocenters. The predicted molar refractivity (Wildman–Crippen MR) is 109 cm³/mol. The van der Waals surface area contributed by atoms with Crippen molar-refractivity contribution < 1.29 is 55.1 Å². The van der Waals surface area contributed by atoms with Crippen molar-refractivity contribution in [3.05, 3.63) is 40.1 Å². The van der Waals surface area contributed by atoms with Crippen molar-refractivity contribution in [1.82, 2.24) is 0 Å². The van der Waals surface area contributed by atoms with Gasteiger partial charge in [-0.05, 0) is 18.2 Å². The number of aromatic hydroxyl groups is 5. The summed E-state index contributed by atoms with van der Waals surface area (Å²) in [6.45, 7) is -0.763. The molecule has 1 aliphatic heterocycles. The molecule has 0 aliphatic carbocycles. The van der Waals surface area contributed by atoms with Gasteiger partial charge in [0.05, 0.1) is 12.2 Å². The van der Waals surface area contributed by atoms with Gasteiger partial charge in [-0.3, -0.25) is 4.79 Å². The Balaban J connectivity index is 2.02. The molecule has 1 saturated heterocycles. The second kappa shape index (κ2) is 8.10. The Labute approximate surface area is 184 Å². The van der Waals surface area contributed by atoms with E-state index < -0.39 is 93.6 Å².